The summed E-state index contributed by atoms with van der Waals surface area (Å²) in [6.45, 7) is 5.95. The van der Waals surface area contributed by atoms with E-state index in [-0.39, 0.29) is 12.5 Å². The van der Waals surface area contributed by atoms with Crippen molar-refractivity contribution in [3.05, 3.63) is 31.3 Å². The predicted octanol–water partition coefficient (Wildman–Crippen LogP) is 3.83. The zero-order chi connectivity index (χ0) is 14.8. The molecule has 0 aliphatic rings. The Balaban J connectivity index is 3.11. The molecule has 0 saturated heterocycles. The van der Waals surface area contributed by atoms with Crippen molar-refractivity contribution in [3.63, 3.8) is 0 Å². The van der Waals surface area contributed by atoms with Crippen molar-refractivity contribution in [2.75, 3.05) is 13.1 Å². The predicted molar refractivity (Wildman–Crippen MR) is 87.1 cm³/mol. The molecule has 0 radical (unpaired) electrons. The van der Waals surface area contributed by atoms with Crippen LogP contribution in [0, 0.1) is 3.57 Å². The minimum absolute atomic E-state index is 0.182. The van der Waals surface area contributed by atoms with Crippen molar-refractivity contribution in [2.24, 2.45) is 0 Å². The minimum atomic E-state index is -0.945. The van der Waals surface area contributed by atoms with Crippen molar-refractivity contribution >= 4 is 51.7 Å². The standard InChI is InChI=1S/C13H16Cl2INO2/c1-4-17(7-13(2,3)19)12(18)9-5-8(14)6-10(15)11(9)16/h5-6,19H,4,7H2,1-3H3. The Hall–Kier alpha value is -0.0400. The lowest BCUT2D eigenvalue weighted by Crippen LogP contribution is -2.42. The smallest absolute Gasteiger partial charge is 0.255 e. The quantitative estimate of drug-likeness (QED) is 0.599. The van der Waals surface area contributed by atoms with Crippen LogP contribution in [-0.2, 0) is 0 Å². The molecule has 1 aromatic carbocycles. The largest absolute Gasteiger partial charge is 0.389 e. The highest BCUT2D eigenvalue weighted by atomic mass is 127. The van der Waals surface area contributed by atoms with Crippen LogP contribution in [0.5, 0.6) is 0 Å². The molecule has 3 nitrogen and oxygen atoms in total. The van der Waals surface area contributed by atoms with Crippen molar-refractivity contribution in [2.45, 2.75) is 26.4 Å². The molecule has 0 saturated carbocycles. The Morgan fingerprint density at radius 2 is 2.00 bits per heavy atom. The summed E-state index contributed by atoms with van der Waals surface area (Å²) in [6.07, 6.45) is 0. The van der Waals surface area contributed by atoms with E-state index >= 15 is 0 Å². The molecule has 0 unspecified atom stereocenters. The van der Waals surface area contributed by atoms with Gasteiger partial charge in [-0.3, -0.25) is 4.79 Å². The number of aliphatic hydroxyl groups is 1. The molecule has 0 fully saturated rings. The van der Waals surface area contributed by atoms with Crippen LogP contribution >= 0.6 is 45.8 Å². The van der Waals surface area contributed by atoms with Crippen LogP contribution < -0.4 is 0 Å². The molecule has 0 spiro atoms. The van der Waals surface area contributed by atoms with Gasteiger partial charge >= 0.3 is 0 Å². The van der Waals surface area contributed by atoms with E-state index in [4.69, 9.17) is 23.2 Å². The summed E-state index contributed by atoms with van der Waals surface area (Å²) >= 11 is 14.0. The average Bonchev–Trinajstić information content (AvgIpc) is 2.28. The van der Waals surface area contributed by atoms with Crippen LogP contribution in [0.2, 0.25) is 10.0 Å². The normalized spacial score (nSPS) is 11.5. The van der Waals surface area contributed by atoms with Gasteiger partial charge in [-0.2, -0.15) is 0 Å². The number of hydrogen-bond acceptors (Lipinski definition) is 2. The van der Waals surface area contributed by atoms with Crippen LogP contribution in [0.1, 0.15) is 31.1 Å². The number of hydrogen-bond donors (Lipinski definition) is 1. The lowest BCUT2D eigenvalue weighted by Gasteiger charge is -2.28. The van der Waals surface area contributed by atoms with E-state index in [1.165, 1.54) is 0 Å². The molecular weight excluding hydrogens is 400 g/mol. The number of carbonyl (C=O) groups excluding carboxylic acids is 1. The molecule has 19 heavy (non-hydrogen) atoms. The van der Waals surface area contributed by atoms with Crippen molar-refractivity contribution in [3.8, 4) is 0 Å². The summed E-state index contributed by atoms with van der Waals surface area (Å²) in [6, 6.07) is 3.21. The van der Waals surface area contributed by atoms with Gasteiger partial charge in [0.1, 0.15) is 0 Å². The van der Waals surface area contributed by atoms with Gasteiger partial charge in [-0.25, -0.2) is 0 Å². The summed E-state index contributed by atoms with van der Waals surface area (Å²) in [5.41, 5.74) is -0.483. The molecule has 0 aliphatic heterocycles. The number of rotatable bonds is 4. The number of carbonyl (C=O) groups is 1. The van der Waals surface area contributed by atoms with Gasteiger partial charge in [-0.05, 0) is 55.5 Å². The third-order valence-corrected chi connectivity index (χ3v) is 4.47. The lowest BCUT2D eigenvalue weighted by atomic mass is 10.1. The minimum Gasteiger partial charge on any atom is -0.389 e. The fourth-order valence-electron chi connectivity index (χ4n) is 1.68. The van der Waals surface area contributed by atoms with E-state index in [2.05, 4.69) is 0 Å². The SMILES string of the molecule is CCN(CC(C)(C)O)C(=O)c1cc(Cl)cc(Cl)c1I. The van der Waals surface area contributed by atoms with Gasteiger partial charge in [0, 0.05) is 21.7 Å². The third-order valence-electron chi connectivity index (χ3n) is 2.47. The zero-order valence-corrected chi connectivity index (χ0v) is 14.7. The fraction of sp³-hybridized carbons (Fsp3) is 0.462. The summed E-state index contributed by atoms with van der Waals surface area (Å²) in [5, 5.41) is 10.7. The topological polar surface area (TPSA) is 40.5 Å². The van der Waals surface area contributed by atoms with Gasteiger partial charge in [-0.1, -0.05) is 23.2 Å². The Morgan fingerprint density at radius 1 is 1.42 bits per heavy atom. The van der Waals surface area contributed by atoms with Gasteiger partial charge in [0.25, 0.3) is 5.91 Å². The third kappa shape index (κ3) is 4.77. The Kier molecular flexibility index (Phi) is 5.92. The molecule has 1 amide bonds. The highest BCUT2D eigenvalue weighted by Crippen LogP contribution is 2.28. The van der Waals surface area contributed by atoms with E-state index in [9.17, 15) is 9.90 Å². The van der Waals surface area contributed by atoms with Crippen LogP contribution in [0.4, 0.5) is 0 Å². The molecule has 106 valence electrons. The molecule has 0 aromatic heterocycles. The molecule has 0 aliphatic carbocycles. The zero-order valence-electron chi connectivity index (χ0n) is 11.0. The van der Waals surface area contributed by atoms with Crippen molar-refractivity contribution in [1.29, 1.82) is 0 Å². The first kappa shape index (κ1) is 17.0. The van der Waals surface area contributed by atoms with E-state index in [0.717, 1.165) is 0 Å². The number of halogens is 3. The Labute approximate surface area is 137 Å². The summed E-state index contributed by atoms with van der Waals surface area (Å²) in [7, 11) is 0. The summed E-state index contributed by atoms with van der Waals surface area (Å²) < 4.78 is 0.669. The second-order valence-electron chi connectivity index (χ2n) is 4.88. The first-order valence-electron chi connectivity index (χ1n) is 5.82. The fourth-order valence-corrected chi connectivity index (χ4v) is 2.71. The number of likely N-dealkylation sites (N-methyl/N-ethyl adjacent to an activating group) is 1. The molecule has 1 aromatic rings. The Bertz CT molecular complexity index is 486. The molecule has 1 N–H and O–H groups in total. The van der Waals surface area contributed by atoms with E-state index < -0.39 is 5.60 Å². The van der Waals surface area contributed by atoms with Gasteiger partial charge in [0.05, 0.1) is 16.2 Å². The van der Waals surface area contributed by atoms with Gasteiger partial charge in [0.15, 0.2) is 0 Å². The summed E-state index contributed by atoms with van der Waals surface area (Å²) in [4.78, 5) is 14.0. The van der Waals surface area contributed by atoms with E-state index in [0.29, 0.717) is 25.7 Å². The molecule has 0 bridgehead atoms. The Morgan fingerprint density at radius 3 is 2.47 bits per heavy atom. The molecule has 0 heterocycles. The maximum Gasteiger partial charge on any atom is 0.255 e. The highest BCUT2D eigenvalue weighted by molar-refractivity contribution is 14.1. The van der Waals surface area contributed by atoms with Crippen LogP contribution in [0.25, 0.3) is 0 Å². The van der Waals surface area contributed by atoms with E-state index in [1.807, 2.05) is 29.5 Å². The van der Waals surface area contributed by atoms with Gasteiger partial charge in [0.2, 0.25) is 0 Å². The first-order chi connectivity index (χ1) is 8.65. The summed E-state index contributed by atoms with van der Waals surface area (Å²) in [5.74, 6) is -0.182. The number of amides is 1. The van der Waals surface area contributed by atoms with Crippen LogP contribution in [0.3, 0.4) is 0 Å². The maximum atomic E-state index is 12.5. The first-order valence-corrected chi connectivity index (χ1v) is 7.65. The van der Waals surface area contributed by atoms with E-state index in [1.54, 1.807) is 30.9 Å². The molecule has 1 rings (SSSR count). The second kappa shape index (κ2) is 6.61. The van der Waals surface area contributed by atoms with Crippen LogP contribution in [-0.4, -0.2) is 34.6 Å². The van der Waals surface area contributed by atoms with Gasteiger partial charge in [-0.15, -0.1) is 0 Å². The van der Waals surface area contributed by atoms with Gasteiger partial charge < -0.3 is 10.0 Å². The number of benzene rings is 1. The van der Waals surface area contributed by atoms with Crippen molar-refractivity contribution in [1.82, 2.24) is 4.90 Å². The van der Waals surface area contributed by atoms with Crippen LogP contribution in [0.15, 0.2) is 12.1 Å². The molecule has 0 atom stereocenters. The molecular formula is C13H16Cl2INO2. The highest BCUT2D eigenvalue weighted by Gasteiger charge is 2.24. The lowest BCUT2D eigenvalue weighted by molar-refractivity contribution is 0.0314. The monoisotopic (exact) mass is 415 g/mol. The average molecular weight is 416 g/mol. The second-order valence-corrected chi connectivity index (χ2v) is 6.80. The van der Waals surface area contributed by atoms with Crippen molar-refractivity contribution < 1.29 is 9.90 Å². The maximum absolute atomic E-state index is 12.5. The molecule has 6 heteroatoms. The number of nitrogens with zero attached hydrogens (tertiary/aromatic N) is 1.